The van der Waals surface area contributed by atoms with Crippen molar-refractivity contribution < 1.29 is 4.79 Å². The molecular weight excluding hydrogens is 366 g/mol. The molecular formula is C28H33NO. The lowest BCUT2D eigenvalue weighted by molar-refractivity contribution is -0.125. The van der Waals surface area contributed by atoms with Crippen LogP contribution in [0.25, 0.3) is 16.7 Å². The second-order valence-corrected chi connectivity index (χ2v) is 9.84. The van der Waals surface area contributed by atoms with Crippen molar-refractivity contribution in [1.29, 1.82) is 0 Å². The number of likely N-dealkylation sites (N-methyl/N-ethyl adjacent to an activating group) is 1. The first kappa shape index (κ1) is 19.8. The molecule has 0 radical (unpaired) electrons. The van der Waals surface area contributed by atoms with Crippen molar-refractivity contribution >= 4 is 11.4 Å². The minimum absolute atomic E-state index is 0.124. The van der Waals surface area contributed by atoms with Crippen LogP contribution in [0.1, 0.15) is 56.6 Å². The van der Waals surface area contributed by atoms with Crippen LogP contribution in [-0.2, 0) is 11.2 Å². The lowest BCUT2D eigenvalue weighted by Crippen LogP contribution is -2.48. The van der Waals surface area contributed by atoms with Crippen LogP contribution < -0.4 is 0 Å². The van der Waals surface area contributed by atoms with Crippen LogP contribution in [0.5, 0.6) is 0 Å². The van der Waals surface area contributed by atoms with Crippen LogP contribution >= 0.6 is 0 Å². The molecule has 0 saturated heterocycles. The van der Waals surface area contributed by atoms with E-state index in [-0.39, 0.29) is 11.0 Å². The van der Waals surface area contributed by atoms with E-state index < -0.39 is 0 Å². The molecule has 0 heterocycles. The number of aryl methyl sites for hydroxylation is 1. The predicted octanol–water partition coefficient (Wildman–Crippen LogP) is 6.15. The molecule has 2 aromatic carbocycles. The van der Waals surface area contributed by atoms with E-state index in [2.05, 4.69) is 80.5 Å². The number of carbonyl (C=O) groups is 1. The van der Waals surface area contributed by atoms with Gasteiger partial charge in [0.2, 0.25) is 0 Å². The van der Waals surface area contributed by atoms with Crippen molar-refractivity contribution in [2.45, 2.75) is 57.4 Å². The Hall–Kier alpha value is -2.19. The molecule has 156 valence electrons. The summed E-state index contributed by atoms with van der Waals surface area (Å²) in [6.07, 6.45) is 10.0. The Morgan fingerprint density at radius 2 is 1.57 bits per heavy atom. The van der Waals surface area contributed by atoms with Gasteiger partial charge in [-0.05, 0) is 67.1 Å². The zero-order chi connectivity index (χ0) is 20.9. The molecule has 0 aromatic heterocycles. The molecule has 2 aromatic rings. The first-order chi connectivity index (χ1) is 14.5. The molecule has 2 fully saturated rings. The van der Waals surface area contributed by atoms with Crippen molar-refractivity contribution in [3.8, 4) is 11.1 Å². The number of carbonyl (C=O) groups excluding carboxylic acids is 1. The number of allylic oxidation sites excluding steroid dienone is 1. The fourth-order valence-electron chi connectivity index (χ4n) is 6.69. The number of hydrogen-bond donors (Lipinski definition) is 0. The first-order valence-electron chi connectivity index (χ1n) is 11.6. The van der Waals surface area contributed by atoms with Crippen LogP contribution in [0.15, 0.2) is 54.6 Å². The average Bonchev–Trinajstić information content (AvgIpc) is 3.21. The summed E-state index contributed by atoms with van der Waals surface area (Å²) in [6, 6.07) is 18.0. The van der Waals surface area contributed by atoms with Crippen LogP contribution in [0.2, 0.25) is 0 Å². The van der Waals surface area contributed by atoms with Gasteiger partial charge >= 0.3 is 0 Å². The van der Waals surface area contributed by atoms with Crippen molar-refractivity contribution in [3.05, 3.63) is 65.7 Å². The van der Waals surface area contributed by atoms with Crippen molar-refractivity contribution in [2.24, 2.45) is 11.3 Å². The van der Waals surface area contributed by atoms with Gasteiger partial charge in [0.15, 0.2) is 0 Å². The quantitative estimate of drug-likeness (QED) is 0.601. The molecule has 2 heteroatoms. The summed E-state index contributed by atoms with van der Waals surface area (Å²) in [7, 11) is 4.34. The van der Waals surface area contributed by atoms with E-state index in [0.29, 0.717) is 18.1 Å². The van der Waals surface area contributed by atoms with Gasteiger partial charge in [-0.3, -0.25) is 9.69 Å². The first-order valence-corrected chi connectivity index (χ1v) is 11.6. The lowest BCUT2D eigenvalue weighted by atomic mass is 9.68. The number of benzene rings is 2. The van der Waals surface area contributed by atoms with Gasteiger partial charge < -0.3 is 0 Å². The minimum Gasteiger partial charge on any atom is -0.299 e. The maximum Gasteiger partial charge on any atom is 0.145 e. The molecule has 2 nitrogen and oxygen atoms in total. The molecule has 3 aliphatic carbocycles. The molecule has 3 aliphatic rings. The van der Waals surface area contributed by atoms with E-state index in [4.69, 9.17) is 0 Å². The third kappa shape index (κ3) is 2.69. The second kappa shape index (κ2) is 7.20. The fraction of sp³-hybridized carbons (Fsp3) is 0.464. The molecule has 0 spiro atoms. The smallest absolute Gasteiger partial charge is 0.145 e. The van der Waals surface area contributed by atoms with Gasteiger partial charge in [0.25, 0.3) is 0 Å². The third-order valence-electron chi connectivity index (χ3n) is 8.17. The van der Waals surface area contributed by atoms with E-state index in [1.54, 1.807) is 0 Å². The molecule has 0 aliphatic heterocycles. The Kier molecular flexibility index (Phi) is 4.74. The van der Waals surface area contributed by atoms with E-state index in [9.17, 15) is 4.79 Å². The highest BCUT2D eigenvalue weighted by atomic mass is 16.1. The fourth-order valence-corrected chi connectivity index (χ4v) is 6.69. The molecule has 2 bridgehead atoms. The topological polar surface area (TPSA) is 20.3 Å². The summed E-state index contributed by atoms with van der Waals surface area (Å²) in [4.78, 5) is 15.5. The Bertz CT molecular complexity index is 984. The highest BCUT2D eigenvalue weighted by molar-refractivity contribution is 6.01. The Labute approximate surface area is 181 Å². The highest BCUT2D eigenvalue weighted by Gasteiger charge is 2.68. The number of hydrogen-bond acceptors (Lipinski definition) is 2. The Morgan fingerprint density at radius 1 is 0.933 bits per heavy atom. The zero-order valence-electron chi connectivity index (χ0n) is 18.6. The summed E-state index contributed by atoms with van der Waals surface area (Å²) in [5, 5.41) is 0. The van der Waals surface area contributed by atoms with Crippen molar-refractivity contribution in [1.82, 2.24) is 4.90 Å². The Balaban J connectivity index is 1.50. The zero-order valence-corrected chi connectivity index (χ0v) is 18.6. The average molecular weight is 400 g/mol. The minimum atomic E-state index is -0.203. The van der Waals surface area contributed by atoms with E-state index in [1.807, 2.05) is 0 Å². The largest absolute Gasteiger partial charge is 0.299 e. The van der Waals surface area contributed by atoms with E-state index in [0.717, 1.165) is 12.8 Å². The molecule has 0 amide bonds. The number of ketones is 1. The third-order valence-corrected chi connectivity index (χ3v) is 8.17. The molecule has 2 saturated carbocycles. The molecule has 5 rings (SSSR count). The molecule has 30 heavy (non-hydrogen) atoms. The highest BCUT2D eigenvalue weighted by Crippen LogP contribution is 2.66. The van der Waals surface area contributed by atoms with E-state index >= 15 is 0 Å². The van der Waals surface area contributed by atoms with Crippen LogP contribution in [0, 0.1) is 11.3 Å². The molecule has 0 N–H and O–H groups in total. The van der Waals surface area contributed by atoms with Crippen LogP contribution in [0.3, 0.4) is 0 Å². The summed E-state index contributed by atoms with van der Waals surface area (Å²) in [5.74, 6) is 0.926. The summed E-state index contributed by atoms with van der Waals surface area (Å²) in [6.45, 7) is 2.22. The SMILES string of the molecule is CCCc1ccc(-c2ccc(C3=C[C@]45CCCC[C@H]4[C@@]3(N(C)C)CC5=O)cc2)cc1. The standard InChI is InChI=1S/C28H33NO/c1-4-7-20-9-11-21(12-10-20)22-13-15-23(16-14-22)24-18-27-17-6-5-8-25(27)28(24,29(2)3)19-26(27)30/h9-16,18,25H,4-8,17,19H2,1-3H3/t25-,27-,28-/m1/s1. The van der Waals surface area contributed by atoms with Gasteiger partial charge in [-0.1, -0.05) is 80.8 Å². The van der Waals surface area contributed by atoms with Gasteiger partial charge in [-0.2, -0.15) is 0 Å². The van der Waals surface area contributed by atoms with Gasteiger partial charge in [-0.25, -0.2) is 0 Å². The maximum absolute atomic E-state index is 13.1. The van der Waals surface area contributed by atoms with E-state index in [1.165, 1.54) is 53.5 Å². The van der Waals surface area contributed by atoms with Crippen LogP contribution in [0.4, 0.5) is 0 Å². The number of nitrogens with zero attached hydrogens (tertiary/aromatic N) is 1. The summed E-state index contributed by atoms with van der Waals surface area (Å²) >= 11 is 0. The van der Waals surface area contributed by atoms with Crippen LogP contribution in [-0.4, -0.2) is 30.3 Å². The summed E-state index contributed by atoms with van der Waals surface area (Å²) in [5.41, 5.74) is 6.29. The lowest BCUT2D eigenvalue weighted by Gasteiger charge is -2.43. The van der Waals surface area contributed by atoms with Crippen molar-refractivity contribution in [3.63, 3.8) is 0 Å². The predicted molar refractivity (Wildman–Crippen MR) is 124 cm³/mol. The molecule has 0 unspecified atom stereocenters. The monoisotopic (exact) mass is 399 g/mol. The van der Waals surface area contributed by atoms with Crippen molar-refractivity contribution in [2.75, 3.05) is 14.1 Å². The number of Topliss-reactive ketones (excluding diaryl/α,β-unsaturated/α-hetero) is 1. The second-order valence-electron chi connectivity index (χ2n) is 9.84. The molecule has 3 atom stereocenters. The van der Waals surface area contributed by atoms with Gasteiger partial charge in [-0.15, -0.1) is 0 Å². The van der Waals surface area contributed by atoms with Gasteiger partial charge in [0.05, 0.1) is 11.0 Å². The number of rotatable bonds is 5. The van der Waals surface area contributed by atoms with Gasteiger partial charge in [0, 0.05) is 6.42 Å². The Morgan fingerprint density at radius 3 is 2.20 bits per heavy atom. The normalized spacial score (nSPS) is 29.9. The maximum atomic E-state index is 13.1. The summed E-state index contributed by atoms with van der Waals surface area (Å²) < 4.78 is 0. The van der Waals surface area contributed by atoms with Gasteiger partial charge in [0.1, 0.15) is 5.78 Å².